The van der Waals surface area contributed by atoms with Gasteiger partial charge in [-0.1, -0.05) is 6.42 Å². The molecular weight excluding hydrogens is 268 g/mol. The van der Waals surface area contributed by atoms with Crippen molar-refractivity contribution in [3.8, 4) is 11.5 Å². The fourth-order valence-corrected chi connectivity index (χ4v) is 2.68. The SMILES string of the molecule is COc1ccc(C(=O)NC(C)C2CCCCN2)c(OC)c1. The van der Waals surface area contributed by atoms with Gasteiger partial charge >= 0.3 is 0 Å². The lowest BCUT2D eigenvalue weighted by molar-refractivity contribution is 0.0925. The van der Waals surface area contributed by atoms with Gasteiger partial charge in [-0.25, -0.2) is 0 Å². The summed E-state index contributed by atoms with van der Waals surface area (Å²) < 4.78 is 10.4. The monoisotopic (exact) mass is 292 g/mol. The molecule has 1 heterocycles. The van der Waals surface area contributed by atoms with E-state index in [0.29, 0.717) is 23.1 Å². The van der Waals surface area contributed by atoms with Crippen LogP contribution in [0.25, 0.3) is 0 Å². The van der Waals surface area contributed by atoms with E-state index in [1.54, 1.807) is 32.4 Å². The van der Waals surface area contributed by atoms with Gasteiger partial charge < -0.3 is 20.1 Å². The Hall–Kier alpha value is -1.75. The third-order valence-corrected chi connectivity index (χ3v) is 3.96. The molecule has 0 aliphatic carbocycles. The van der Waals surface area contributed by atoms with Gasteiger partial charge in [0.2, 0.25) is 0 Å². The molecule has 1 aliphatic heterocycles. The lowest BCUT2D eigenvalue weighted by Gasteiger charge is -2.29. The lowest BCUT2D eigenvalue weighted by Crippen LogP contribution is -2.50. The van der Waals surface area contributed by atoms with Gasteiger partial charge in [0.05, 0.1) is 19.8 Å². The van der Waals surface area contributed by atoms with E-state index in [9.17, 15) is 4.79 Å². The van der Waals surface area contributed by atoms with E-state index in [-0.39, 0.29) is 11.9 Å². The Morgan fingerprint density at radius 1 is 1.33 bits per heavy atom. The van der Waals surface area contributed by atoms with E-state index in [1.165, 1.54) is 12.8 Å². The Balaban J connectivity index is 2.05. The zero-order valence-electron chi connectivity index (χ0n) is 12.9. The number of piperidine rings is 1. The van der Waals surface area contributed by atoms with Crippen molar-refractivity contribution in [3.63, 3.8) is 0 Å². The molecule has 5 nitrogen and oxygen atoms in total. The van der Waals surface area contributed by atoms with Crippen molar-refractivity contribution in [2.75, 3.05) is 20.8 Å². The first-order valence-corrected chi connectivity index (χ1v) is 7.42. The molecule has 1 amide bonds. The highest BCUT2D eigenvalue weighted by atomic mass is 16.5. The summed E-state index contributed by atoms with van der Waals surface area (Å²) in [6.07, 6.45) is 3.52. The minimum Gasteiger partial charge on any atom is -0.497 e. The second-order valence-corrected chi connectivity index (χ2v) is 5.38. The number of methoxy groups -OCH3 is 2. The Morgan fingerprint density at radius 3 is 2.76 bits per heavy atom. The maximum Gasteiger partial charge on any atom is 0.255 e. The standard InChI is InChI=1S/C16H24N2O3/c1-11(14-6-4-5-9-17-14)18-16(19)13-8-7-12(20-2)10-15(13)21-3/h7-8,10-11,14,17H,4-6,9H2,1-3H3,(H,18,19). The summed E-state index contributed by atoms with van der Waals surface area (Å²) in [5.41, 5.74) is 0.529. The molecule has 0 spiro atoms. The van der Waals surface area contributed by atoms with E-state index < -0.39 is 0 Å². The molecule has 1 aliphatic rings. The molecule has 1 aromatic carbocycles. The Morgan fingerprint density at radius 2 is 2.14 bits per heavy atom. The van der Waals surface area contributed by atoms with E-state index in [4.69, 9.17) is 9.47 Å². The summed E-state index contributed by atoms with van der Waals surface area (Å²) in [5, 5.41) is 6.51. The van der Waals surface area contributed by atoms with Crippen LogP contribution in [-0.2, 0) is 0 Å². The molecule has 0 radical (unpaired) electrons. The second-order valence-electron chi connectivity index (χ2n) is 5.38. The number of hydrogen-bond donors (Lipinski definition) is 2. The molecule has 0 aromatic heterocycles. The highest BCUT2D eigenvalue weighted by molar-refractivity contribution is 5.97. The van der Waals surface area contributed by atoms with Crippen molar-refractivity contribution >= 4 is 5.91 Å². The predicted molar refractivity (Wildman–Crippen MR) is 82.1 cm³/mol. The van der Waals surface area contributed by atoms with Gasteiger partial charge in [0.25, 0.3) is 5.91 Å². The third kappa shape index (κ3) is 3.88. The molecule has 0 saturated carbocycles. The van der Waals surface area contributed by atoms with Crippen LogP contribution < -0.4 is 20.1 Å². The minimum atomic E-state index is -0.116. The van der Waals surface area contributed by atoms with Crippen LogP contribution in [0.4, 0.5) is 0 Å². The van der Waals surface area contributed by atoms with Crippen LogP contribution in [0, 0.1) is 0 Å². The predicted octanol–water partition coefficient (Wildman–Crippen LogP) is 1.96. The lowest BCUT2D eigenvalue weighted by atomic mass is 9.99. The van der Waals surface area contributed by atoms with Crippen molar-refractivity contribution in [2.24, 2.45) is 0 Å². The summed E-state index contributed by atoms with van der Waals surface area (Å²) in [6, 6.07) is 5.64. The third-order valence-electron chi connectivity index (χ3n) is 3.96. The van der Waals surface area contributed by atoms with Crippen molar-refractivity contribution in [2.45, 2.75) is 38.3 Å². The van der Waals surface area contributed by atoms with Crippen LogP contribution in [0.1, 0.15) is 36.5 Å². The molecule has 1 fully saturated rings. The zero-order chi connectivity index (χ0) is 15.2. The number of carbonyl (C=O) groups is 1. The molecule has 2 rings (SSSR count). The van der Waals surface area contributed by atoms with Crippen molar-refractivity contribution < 1.29 is 14.3 Å². The number of nitrogens with one attached hydrogen (secondary N) is 2. The molecule has 5 heteroatoms. The highest BCUT2D eigenvalue weighted by Gasteiger charge is 2.22. The fraction of sp³-hybridized carbons (Fsp3) is 0.562. The molecule has 2 atom stereocenters. The topological polar surface area (TPSA) is 59.6 Å². The zero-order valence-corrected chi connectivity index (χ0v) is 12.9. The van der Waals surface area contributed by atoms with Crippen LogP contribution in [-0.4, -0.2) is 38.8 Å². The molecule has 116 valence electrons. The van der Waals surface area contributed by atoms with Crippen LogP contribution in [0.5, 0.6) is 11.5 Å². The summed E-state index contributed by atoms with van der Waals surface area (Å²) in [4.78, 5) is 12.4. The maximum atomic E-state index is 12.4. The van der Waals surface area contributed by atoms with Crippen LogP contribution in [0.15, 0.2) is 18.2 Å². The largest absolute Gasteiger partial charge is 0.497 e. The van der Waals surface area contributed by atoms with Crippen LogP contribution >= 0.6 is 0 Å². The van der Waals surface area contributed by atoms with Gasteiger partial charge in [0.1, 0.15) is 11.5 Å². The molecule has 2 N–H and O–H groups in total. The van der Waals surface area contributed by atoms with Crippen molar-refractivity contribution in [1.82, 2.24) is 10.6 Å². The molecule has 1 saturated heterocycles. The number of carbonyl (C=O) groups excluding carboxylic acids is 1. The van der Waals surface area contributed by atoms with E-state index >= 15 is 0 Å². The average Bonchev–Trinajstić information content (AvgIpc) is 2.54. The summed E-state index contributed by atoms with van der Waals surface area (Å²) in [6.45, 7) is 3.06. The Bertz CT molecular complexity index is 484. The quantitative estimate of drug-likeness (QED) is 0.871. The van der Waals surface area contributed by atoms with E-state index in [1.807, 2.05) is 6.92 Å². The Labute approximate surface area is 126 Å². The number of hydrogen-bond acceptors (Lipinski definition) is 4. The summed E-state index contributed by atoms with van der Waals surface area (Å²) in [7, 11) is 3.14. The number of benzene rings is 1. The van der Waals surface area contributed by atoms with Gasteiger partial charge in [-0.05, 0) is 38.4 Å². The van der Waals surface area contributed by atoms with Crippen LogP contribution in [0.3, 0.4) is 0 Å². The number of ether oxygens (including phenoxy) is 2. The van der Waals surface area contributed by atoms with Gasteiger partial charge in [-0.15, -0.1) is 0 Å². The normalized spacial score (nSPS) is 19.7. The van der Waals surface area contributed by atoms with Gasteiger partial charge in [0.15, 0.2) is 0 Å². The summed E-state index contributed by atoms with van der Waals surface area (Å²) in [5.74, 6) is 1.08. The van der Waals surface area contributed by atoms with E-state index in [0.717, 1.165) is 13.0 Å². The highest BCUT2D eigenvalue weighted by Crippen LogP contribution is 2.24. The smallest absolute Gasteiger partial charge is 0.255 e. The van der Waals surface area contributed by atoms with Gasteiger partial charge in [-0.3, -0.25) is 4.79 Å². The first kappa shape index (κ1) is 15.6. The molecule has 21 heavy (non-hydrogen) atoms. The molecule has 2 unspecified atom stereocenters. The van der Waals surface area contributed by atoms with E-state index in [2.05, 4.69) is 10.6 Å². The minimum absolute atomic E-state index is 0.0876. The molecule has 0 bridgehead atoms. The fourth-order valence-electron chi connectivity index (χ4n) is 2.68. The molecular formula is C16H24N2O3. The second kappa shape index (κ2) is 7.31. The van der Waals surface area contributed by atoms with Crippen molar-refractivity contribution in [1.29, 1.82) is 0 Å². The van der Waals surface area contributed by atoms with Gasteiger partial charge in [-0.2, -0.15) is 0 Å². The number of amides is 1. The number of rotatable bonds is 5. The first-order chi connectivity index (χ1) is 10.2. The summed E-state index contributed by atoms with van der Waals surface area (Å²) >= 11 is 0. The molecule has 1 aromatic rings. The van der Waals surface area contributed by atoms with Gasteiger partial charge in [0, 0.05) is 18.2 Å². The average molecular weight is 292 g/mol. The van der Waals surface area contributed by atoms with Crippen molar-refractivity contribution in [3.05, 3.63) is 23.8 Å². The first-order valence-electron chi connectivity index (χ1n) is 7.42. The Kier molecular flexibility index (Phi) is 5.44. The van der Waals surface area contributed by atoms with Crippen LogP contribution in [0.2, 0.25) is 0 Å². The maximum absolute atomic E-state index is 12.4.